The van der Waals surface area contributed by atoms with Crippen LogP contribution in [0, 0.1) is 28.6 Å². The maximum Gasteiger partial charge on any atom is 0.306 e. The third kappa shape index (κ3) is 2.17. The summed E-state index contributed by atoms with van der Waals surface area (Å²) in [5.74, 6) is 2.68. The summed E-state index contributed by atoms with van der Waals surface area (Å²) in [6, 6.07) is 4.45. The first-order valence-corrected chi connectivity index (χ1v) is 10.1. The van der Waals surface area contributed by atoms with E-state index in [9.17, 15) is 4.79 Å². The second-order valence-corrected chi connectivity index (χ2v) is 9.61. The van der Waals surface area contributed by atoms with E-state index in [-0.39, 0.29) is 11.4 Å². The third-order valence-electron chi connectivity index (χ3n) is 8.54. The number of hydrogen-bond acceptors (Lipinski definition) is 3. The molecule has 1 aliphatic heterocycles. The molecule has 5 rings (SSSR count). The van der Waals surface area contributed by atoms with Crippen LogP contribution in [-0.4, -0.2) is 17.6 Å². The van der Waals surface area contributed by atoms with Crippen molar-refractivity contribution in [1.82, 2.24) is 4.98 Å². The van der Waals surface area contributed by atoms with Gasteiger partial charge in [-0.3, -0.25) is 9.78 Å². The average molecular weight is 339 g/mol. The molecule has 1 saturated heterocycles. The van der Waals surface area contributed by atoms with Crippen LogP contribution in [0.5, 0.6) is 0 Å². The third-order valence-corrected chi connectivity index (χ3v) is 8.54. The van der Waals surface area contributed by atoms with Crippen molar-refractivity contribution >= 4 is 5.97 Å². The molecule has 3 nitrogen and oxygen atoms in total. The molecule has 0 radical (unpaired) electrons. The number of ether oxygens (including phenoxy) is 1. The van der Waals surface area contributed by atoms with Crippen LogP contribution in [0.1, 0.15) is 69.5 Å². The van der Waals surface area contributed by atoms with Crippen molar-refractivity contribution in [2.24, 2.45) is 28.6 Å². The number of aromatic nitrogens is 1. The van der Waals surface area contributed by atoms with Crippen molar-refractivity contribution in [3.63, 3.8) is 0 Å². The van der Waals surface area contributed by atoms with Gasteiger partial charge in [0.25, 0.3) is 0 Å². The van der Waals surface area contributed by atoms with E-state index >= 15 is 0 Å². The van der Waals surface area contributed by atoms with E-state index in [1.807, 2.05) is 6.20 Å². The topological polar surface area (TPSA) is 39.2 Å². The number of carbonyl (C=O) groups excluding carboxylic acids is 1. The average Bonchev–Trinajstić information content (AvgIpc) is 2.61. The maximum atomic E-state index is 12.0. The van der Waals surface area contributed by atoms with Crippen LogP contribution < -0.4 is 0 Å². The number of hydrogen-bond donors (Lipinski definition) is 0. The molecule has 3 aliphatic carbocycles. The molecule has 3 heteroatoms. The molecule has 4 aliphatic rings. The minimum atomic E-state index is 0.0357. The largest absolute Gasteiger partial charge is 0.465 e. The molecule has 0 aromatic carbocycles. The molecule has 1 aromatic rings. The van der Waals surface area contributed by atoms with Gasteiger partial charge in [0.15, 0.2) is 0 Å². The molecular weight excluding hydrogens is 310 g/mol. The smallest absolute Gasteiger partial charge is 0.306 e. The number of pyridine rings is 1. The summed E-state index contributed by atoms with van der Waals surface area (Å²) in [7, 11) is 0. The van der Waals surface area contributed by atoms with Crippen molar-refractivity contribution in [1.29, 1.82) is 0 Å². The van der Waals surface area contributed by atoms with Crippen LogP contribution in [0.15, 0.2) is 18.3 Å². The zero-order chi connectivity index (χ0) is 17.2. The molecule has 0 bridgehead atoms. The number of nitrogens with zero attached hydrogens (tertiary/aromatic N) is 1. The zero-order valence-corrected chi connectivity index (χ0v) is 15.5. The Morgan fingerprint density at radius 1 is 1.16 bits per heavy atom. The summed E-state index contributed by atoms with van der Waals surface area (Å²) in [6.07, 6.45) is 10.0. The van der Waals surface area contributed by atoms with E-state index < -0.39 is 0 Å². The molecule has 2 saturated carbocycles. The van der Waals surface area contributed by atoms with Gasteiger partial charge < -0.3 is 4.74 Å². The fourth-order valence-corrected chi connectivity index (χ4v) is 7.15. The summed E-state index contributed by atoms with van der Waals surface area (Å²) < 4.78 is 5.46. The quantitative estimate of drug-likeness (QED) is 0.653. The molecule has 1 aromatic heterocycles. The van der Waals surface area contributed by atoms with Crippen LogP contribution in [0.3, 0.4) is 0 Å². The summed E-state index contributed by atoms with van der Waals surface area (Å²) in [4.78, 5) is 16.7. The number of cyclic esters (lactones) is 1. The lowest BCUT2D eigenvalue weighted by Gasteiger charge is -2.61. The van der Waals surface area contributed by atoms with Crippen LogP contribution in [0.25, 0.3) is 0 Å². The van der Waals surface area contributed by atoms with Crippen molar-refractivity contribution in [2.75, 3.05) is 6.61 Å². The van der Waals surface area contributed by atoms with Gasteiger partial charge >= 0.3 is 5.97 Å². The first kappa shape index (κ1) is 15.8. The van der Waals surface area contributed by atoms with Crippen molar-refractivity contribution in [3.8, 4) is 0 Å². The summed E-state index contributed by atoms with van der Waals surface area (Å²) in [5.41, 5.74) is 3.45. The van der Waals surface area contributed by atoms with Gasteiger partial charge in [0.2, 0.25) is 0 Å². The number of aryl methyl sites for hydroxylation is 1. The number of rotatable bonds is 0. The Labute approximate surface area is 150 Å². The number of esters is 1. The van der Waals surface area contributed by atoms with Gasteiger partial charge in [0, 0.05) is 23.7 Å². The van der Waals surface area contributed by atoms with Gasteiger partial charge in [-0.25, -0.2) is 0 Å². The van der Waals surface area contributed by atoms with Crippen molar-refractivity contribution in [3.05, 3.63) is 29.6 Å². The minimum Gasteiger partial charge on any atom is -0.465 e. The molecule has 2 heterocycles. The van der Waals surface area contributed by atoms with Crippen LogP contribution >= 0.6 is 0 Å². The normalized spacial score (nSPS) is 45.4. The molecule has 0 amide bonds. The van der Waals surface area contributed by atoms with E-state index in [1.54, 1.807) is 0 Å². The fourth-order valence-electron chi connectivity index (χ4n) is 7.15. The second kappa shape index (κ2) is 5.31. The van der Waals surface area contributed by atoms with Gasteiger partial charge in [-0.05, 0) is 79.2 Å². The Morgan fingerprint density at radius 3 is 2.92 bits per heavy atom. The van der Waals surface area contributed by atoms with Gasteiger partial charge in [-0.1, -0.05) is 19.9 Å². The second-order valence-electron chi connectivity index (χ2n) is 9.61. The lowest BCUT2D eigenvalue weighted by Crippen LogP contribution is -2.55. The van der Waals surface area contributed by atoms with E-state index in [4.69, 9.17) is 4.74 Å². The van der Waals surface area contributed by atoms with Crippen LogP contribution in [-0.2, 0) is 16.0 Å². The maximum absolute atomic E-state index is 12.0. The molecule has 3 fully saturated rings. The fraction of sp³-hybridized carbons (Fsp3) is 0.727. The highest BCUT2D eigenvalue weighted by Gasteiger charge is 2.58. The lowest BCUT2D eigenvalue weighted by atomic mass is 9.44. The Hall–Kier alpha value is -1.38. The van der Waals surface area contributed by atoms with Gasteiger partial charge in [-0.2, -0.15) is 0 Å². The van der Waals surface area contributed by atoms with E-state index in [0.29, 0.717) is 36.2 Å². The minimum absolute atomic E-state index is 0.0357. The SMILES string of the molecule is C[C@]12CC[C@H]3[C@@H](CC[C@H]4c5cccnc5CC[C@@]43C)[C@@H]1CC(=O)OC2. The number of fused-ring (bicyclic) bond motifs is 7. The van der Waals surface area contributed by atoms with Gasteiger partial charge in [0.05, 0.1) is 6.61 Å². The van der Waals surface area contributed by atoms with E-state index in [1.165, 1.54) is 43.4 Å². The van der Waals surface area contributed by atoms with Gasteiger partial charge in [0.1, 0.15) is 0 Å². The first-order valence-electron chi connectivity index (χ1n) is 10.1. The van der Waals surface area contributed by atoms with Crippen molar-refractivity contribution < 1.29 is 9.53 Å². The van der Waals surface area contributed by atoms with E-state index in [0.717, 1.165) is 12.3 Å². The monoisotopic (exact) mass is 339 g/mol. The highest BCUT2D eigenvalue weighted by molar-refractivity contribution is 5.70. The Morgan fingerprint density at radius 2 is 2.04 bits per heavy atom. The molecule has 6 atom stereocenters. The Kier molecular flexibility index (Phi) is 3.37. The lowest BCUT2D eigenvalue weighted by molar-refractivity contribution is -0.176. The predicted octanol–water partition coefficient (Wildman–Crippen LogP) is 4.51. The zero-order valence-electron chi connectivity index (χ0n) is 15.5. The standard InChI is InChI=1S/C22H29NO2/c1-21-9-7-17-14(18(21)12-20(24)25-13-21)5-6-16-15-4-3-11-23-19(15)8-10-22(16,17)2/h3-4,11,14,16-18H,5-10,12-13H2,1-2H3/t14-,16+,17+,18+,21-,22+/m1/s1. The molecular formula is C22H29NO2. The first-order chi connectivity index (χ1) is 12.0. The Bertz CT molecular complexity index is 716. The van der Waals surface area contributed by atoms with Crippen molar-refractivity contribution in [2.45, 2.75) is 64.7 Å². The number of carbonyl (C=O) groups is 1. The molecule has 0 unspecified atom stereocenters. The van der Waals surface area contributed by atoms with Crippen LogP contribution in [0.2, 0.25) is 0 Å². The summed E-state index contributed by atoms with van der Waals surface area (Å²) in [6.45, 7) is 5.57. The summed E-state index contributed by atoms with van der Waals surface area (Å²) >= 11 is 0. The summed E-state index contributed by atoms with van der Waals surface area (Å²) in [5, 5.41) is 0. The highest BCUT2D eigenvalue weighted by atomic mass is 16.5. The molecule has 0 spiro atoms. The van der Waals surface area contributed by atoms with E-state index in [2.05, 4.69) is 31.0 Å². The van der Waals surface area contributed by atoms with Crippen LogP contribution in [0.4, 0.5) is 0 Å². The molecule has 134 valence electrons. The Balaban J connectivity index is 1.51. The molecule has 0 N–H and O–H groups in total. The predicted molar refractivity (Wildman–Crippen MR) is 96.0 cm³/mol. The highest BCUT2D eigenvalue weighted by Crippen LogP contribution is 2.65. The van der Waals surface area contributed by atoms with Gasteiger partial charge in [-0.15, -0.1) is 0 Å². The molecule has 25 heavy (non-hydrogen) atoms.